The van der Waals surface area contributed by atoms with Gasteiger partial charge in [0.15, 0.2) is 11.5 Å². The Morgan fingerprint density at radius 3 is 2.43 bits per heavy atom. The fourth-order valence-corrected chi connectivity index (χ4v) is 2.80. The molecular weight excluding hydrogens is 356 g/mol. The van der Waals surface area contributed by atoms with Crippen LogP contribution in [0, 0.1) is 6.92 Å². The number of aryl methyl sites for hydroxylation is 1. The van der Waals surface area contributed by atoms with Crippen LogP contribution in [0.1, 0.15) is 37.5 Å². The SMILES string of the molecule is COc1cccc(C=CC(=O)O)c1OCCOc1cc(C)ccc1C(C)(C)C. The van der Waals surface area contributed by atoms with Crippen molar-refractivity contribution >= 4 is 12.0 Å². The molecule has 0 saturated heterocycles. The summed E-state index contributed by atoms with van der Waals surface area (Å²) in [4.78, 5) is 10.8. The second-order valence-corrected chi connectivity index (χ2v) is 7.50. The van der Waals surface area contributed by atoms with Crippen LogP contribution in [0.3, 0.4) is 0 Å². The monoisotopic (exact) mass is 384 g/mol. The molecular formula is C23H28O5. The molecule has 150 valence electrons. The van der Waals surface area contributed by atoms with Crippen molar-refractivity contribution in [3.05, 3.63) is 59.2 Å². The molecule has 2 rings (SSSR count). The number of hydrogen-bond donors (Lipinski definition) is 1. The van der Waals surface area contributed by atoms with Gasteiger partial charge in [-0.25, -0.2) is 4.79 Å². The molecule has 28 heavy (non-hydrogen) atoms. The van der Waals surface area contributed by atoms with Crippen molar-refractivity contribution in [2.24, 2.45) is 0 Å². The highest BCUT2D eigenvalue weighted by atomic mass is 16.5. The third-order valence-electron chi connectivity index (χ3n) is 4.17. The summed E-state index contributed by atoms with van der Waals surface area (Å²) in [7, 11) is 1.55. The number of para-hydroxylation sites is 1. The lowest BCUT2D eigenvalue weighted by Crippen LogP contribution is -2.16. The topological polar surface area (TPSA) is 65.0 Å². The van der Waals surface area contributed by atoms with Gasteiger partial charge in [0.1, 0.15) is 19.0 Å². The summed E-state index contributed by atoms with van der Waals surface area (Å²) >= 11 is 0. The second kappa shape index (κ2) is 9.31. The summed E-state index contributed by atoms with van der Waals surface area (Å²) in [5, 5.41) is 8.87. The molecule has 5 heteroatoms. The van der Waals surface area contributed by atoms with Gasteiger partial charge in [-0.05, 0) is 41.7 Å². The van der Waals surface area contributed by atoms with E-state index < -0.39 is 5.97 Å². The zero-order valence-corrected chi connectivity index (χ0v) is 17.1. The summed E-state index contributed by atoms with van der Waals surface area (Å²) in [5.41, 5.74) is 2.88. The van der Waals surface area contributed by atoms with E-state index in [1.165, 1.54) is 6.08 Å². The van der Waals surface area contributed by atoms with Crippen LogP contribution in [-0.4, -0.2) is 31.4 Å². The Hall–Kier alpha value is -2.95. The maximum Gasteiger partial charge on any atom is 0.328 e. The number of carboxylic acids is 1. The number of carbonyl (C=O) groups is 1. The smallest absolute Gasteiger partial charge is 0.328 e. The van der Waals surface area contributed by atoms with Gasteiger partial charge in [0, 0.05) is 11.6 Å². The zero-order valence-electron chi connectivity index (χ0n) is 17.1. The molecule has 0 amide bonds. The zero-order chi connectivity index (χ0) is 20.7. The van der Waals surface area contributed by atoms with E-state index in [4.69, 9.17) is 19.3 Å². The predicted molar refractivity (Wildman–Crippen MR) is 111 cm³/mol. The highest BCUT2D eigenvalue weighted by Gasteiger charge is 2.19. The van der Waals surface area contributed by atoms with Crippen LogP contribution in [0.2, 0.25) is 0 Å². The maximum absolute atomic E-state index is 10.8. The van der Waals surface area contributed by atoms with E-state index in [2.05, 4.69) is 32.9 Å². The molecule has 0 aliphatic carbocycles. The van der Waals surface area contributed by atoms with Gasteiger partial charge in [-0.3, -0.25) is 0 Å². The third kappa shape index (κ3) is 5.78. The highest BCUT2D eigenvalue weighted by Crippen LogP contribution is 2.33. The van der Waals surface area contributed by atoms with E-state index in [0.29, 0.717) is 30.3 Å². The van der Waals surface area contributed by atoms with Gasteiger partial charge in [-0.1, -0.05) is 45.0 Å². The number of carboxylic acid groups (broad SMARTS) is 1. The first-order valence-corrected chi connectivity index (χ1v) is 9.17. The van der Waals surface area contributed by atoms with Crippen LogP contribution >= 0.6 is 0 Å². The molecule has 1 N–H and O–H groups in total. The van der Waals surface area contributed by atoms with Crippen molar-refractivity contribution < 1.29 is 24.1 Å². The lowest BCUT2D eigenvalue weighted by Gasteiger charge is -2.23. The Balaban J connectivity index is 2.11. The lowest BCUT2D eigenvalue weighted by atomic mass is 9.86. The van der Waals surface area contributed by atoms with E-state index in [9.17, 15) is 4.79 Å². The standard InChI is InChI=1S/C23H28O5/c1-16-9-11-18(23(2,3)4)20(15-16)27-13-14-28-22-17(10-12-21(24)25)7-6-8-19(22)26-5/h6-12,15H,13-14H2,1-5H3,(H,24,25). The predicted octanol–water partition coefficient (Wildman–Crippen LogP) is 4.86. The van der Waals surface area contributed by atoms with Crippen LogP contribution in [0.4, 0.5) is 0 Å². The van der Waals surface area contributed by atoms with Crippen LogP contribution in [0.5, 0.6) is 17.2 Å². The van der Waals surface area contributed by atoms with Crippen molar-refractivity contribution in [2.75, 3.05) is 20.3 Å². The molecule has 0 aliphatic heterocycles. The van der Waals surface area contributed by atoms with Crippen LogP contribution in [0.15, 0.2) is 42.5 Å². The lowest BCUT2D eigenvalue weighted by molar-refractivity contribution is -0.131. The van der Waals surface area contributed by atoms with Crippen molar-refractivity contribution in [1.29, 1.82) is 0 Å². The quantitative estimate of drug-likeness (QED) is 0.520. The Labute approximate surface area is 166 Å². The van der Waals surface area contributed by atoms with Gasteiger partial charge >= 0.3 is 5.97 Å². The normalized spacial score (nSPS) is 11.5. The number of rotatable bonds is 8. The number of aliphatic carboxylic acids is 1. The summed E-state index contributed by atoms with van der Waals surface area (Å²) in [6.45, 7) is 9.13. The minimum Gasteiger partial charge on any atom is -0.493 e. The van der Waals surface area contributed by atoms with Crippen LogP contribution < -0.4 is 14.2 Å². The van der Waals surface area contributed by atoms with Gasteiger partial charge < -0.3 is 19.3 Å². The largest absolute Gasteiger partial charge is 0.493 e. The number of ether oxygens (including phenoxy) is 3. The second-order valence-electron chi connectivity index (χ2n) is 7.50. The highest BCUT2D eigenvalue weighted by molar-refractivity contribution is 5.86. The first-order chi connectivity index (χ1) is 13.2. The molecule has 0 radical (unpaired) electrons. The minimum atomic E-state index is -1.02. The molecule has 0 aromatic heterocycles. The van der Waals surface area contributed by atoms with Crippen molar-refractivity contribution in [1.82, 2.24) is 0 Å². The van der Waals surface area contributed by atoms with E-state index >= 15 is 0 Å². The molecule has 0 fully saturated rings. The molecule has 0 heterocycles. The van der Waals surface area contributed by atoms with Crippen molar-refractivity contribution in [3.63, 3.8) is 0 Å². The molecule has 0 aliphatic rings. The summed E-state index contributed by atoms with van der Waals surface area (Å²) in [6.07, 6.45) is 2.56. The molecule has 0 atom stereocenters. The average molecular weight is 384 g/mol. The summed E-state index contributed by atoms with van der Waals surface area (Å²) < 4.78 is 17.2. The van der Waals surface area contributed by atoms with Gasteiger partial charge in [-0.2, -0.15) is 0 Å². The first kappa shape index (κ1) is 21.4. The molecule has 0 spiro atoms. The Morgan fingerprint density at radius 2 is 1.79 bits per heavy atom. The minimum absolute atomic E-state index is 0.0265. The molecule has 0 saturated carbocycles. The molecule has 0 unspecified atom stereocenters. The van der Waals surface area contributed by atoms with E-state index in [1.54, 1.807) is 25.3 Å². The molecule has 2 aromatic carbocycles. The number of methoxy groups -OCH3 is 1. The van der Waals surface area contributed by atoms with Gasteiger partial charge in [0.05, 0.1) is 7.11 Å². The van der Waals surface area contributed by atoms with Crippen LogP contribution in [-0.2, 0) is 10.2 Å². The fraction of sp³-hybridized carbons (Fsp3) is 0.348. The van der Waals surface area contributed by atoms with Crippen molar-refractivity contribution in [2.45, 2.75) is 33.1 Å². The number of benzene rings is 2. The molecule has 5 nitrogen and oxygen atoms in total. The number of hydrogen-bond acceptors (Lipinski definition) is 4. The van der Waals surface area contributed by atoms with Gasteiger partial charge in [0.25, 0.3) is 0 Å². The maximum atomic E-state index is 10.8. The van der Waals surface area contributed by atoms with E-state index in [1.807, 2.05) is 13.0 Å². The van der Waals surface area contributed by atoms with Crippen LogP contribution in [0.25, 0.3) is 6.08 Å². The van der Waals surface area contributed by atoms with Gasteiger partial charge in [-0.15, -0.1) is 0 Å². The van der Waals surface area contributed by atoms with E-state index in [-0.39, 0.29) is 5.41 Å². The van der Waals surface area contributed by atoms with Crippen molar-refractivity contribution in [3.8, 4) is 17.2 Å². The molecule has 0 bridgehead atoms. The third-order valence-corrected chi connectivity index (χ3v) is 4.17. The Kier molecular flexibility index (Phi) is 7.10. The Bertz CT molecular complexity index is 847. The van der Waals surface area contributed by atoms with E-state index in [0.717, 1.165) is 23.0 Å². The average Bonchev–Trinajstić information content (AvgIpc) is 2.62. The molecule has 2 aromatic rings. The summed E-state index contributed by atoms with van der Waals surface area (Å²) in [5.74, 6) is 0.859. The summed E-state index contributed by atoms with van der Waals surface area (Å²) in [6, 6.07) is 11.5. The van der Waals surface area contributed by atoms with Gasteiger partial charge in [0.2, 0.25) is 0 Å². The Morgan fingerprint density at radius 1 is 1.07 bits per heavy atom. The first-order valence-electron chi connectivity index (χ1n) is 9.17. The fourth-order valence-electron chi connectivity index (χ4n) is 2.80.